The summed E-state index contributed by atoms with van der Waals surface area (Å²) in [7, 11) is 0. The molecule has 7 heteroatoms. The number of rotatable bonds is 4. The third-order valence-electron chi connectivity index (χ3n) is 4.99. The minimum atomic E-state index is -0.170. The van der Waals surface area contributed by atoms with E-state index in [-0.39, 0.29) is 6.09 Å². The van der Waals surface area contributed by atoms with Crippen LogP contribution in [0.25, 0.3) is 11.4 Å². The second-order valence-corrected chi connectivity index (χ2v) is 6.75. The molecule has 2 aliphatic rings. The van der Waals surface area contributed by atoms with Crippen molar-refractivity contribution in [2.75, 3.05) is 18.5 Å². The van der Waals surface area contributed by atoms with Gasteiger partial charge in [0.2, 0.25) is 5.82 Å². The molecule has 132 valence electrons. The molecule has 1 saturated heterocycles. The number of hydrogen-bond acceptors (Lipinski definition) is 6. The number of amides is 1. The number of benzene rings is 1. The maximum Gasteiger partial charge on any atom is 0.410 e. The molecule has 0 atom stereocenters. The van der Waals surface area contributed by atoms with Gasteiger partial charge in [0.1, 0.15) is 6.61 Å². The van der Waals surface area contributed by atoms with Crippen LogP contribution in [-0.2, 0) is 4.74 Å². The average molecular weight is 342 g/mol. The van der Waals surface area contributed by atoms with Gasteiger partial charge in [-0.05, 0) is 32.6 Å². The van der Waals surface area contributed by atoms with E-state index in [0.717, 1.165) is 31.2 Å². The molecule has 0 bridgehead atoms. The van der Waals surface area contributed by atoms with E-state index in [1.165, 1.54) is 5.56 Å². The van der Waals surface area contributed by atoms with Crippen LogP contribution in [0.2, 0.25) is 0 Å². The first-order chi connectivity index (χ1) is 12.2. The van der Waals surface area contributed by atoms with E-state index in [4.69, 9.17) is 9.26 Å². The SMILES string of the molecule is Cc1ccc(-c2noc(NC3CCC(N4CCOC4=O)CC3)n2)cc1. The molecular formula is C18H22N4O3. The molecule has 4 rings (SSSR count). The van der Waals surface area contributed by atoms with Crippen molar-refractivity contribution in [1.82, 2.24) is 15.0 Å². The van der Waals surface area contributed by atoms with Crippen LogP contribution in [0.15, 0.2) is 28.8 Å². The Labute approximate surface area is 146 Å². The summed E-state index contributed by atoms with van der Waals surface area (Å²) in [6.07, 6.45) is 3.70. The third-order valence-corrected chi connectivity index (χ3v) is 4.99. The second-order valence-electron chi connectivity index (χ2n) is 6.75. The number of anilines is 1. The number of ether oxygens (including phenoxy) is 1. The minimum Gasteiger partial charge on any atom is -0.448 e. The molecule has 2 fully saturated rings. The summed E-state index contributed by atoms with van der Waals surface area (Å²) < 4.78 is 10.4. The molecule has 0 unspecified atom stereocenters. The van der Waals surface area contributed by atoms with Crippen molar-refractivity contribution in [2.24, 2.45) is 0 Å². The molecule has 0 radical (unpaired) electrons. The molecule has 1 amide bonds. The normalized spacial score (nSPS) is 23.6. The lowest BCUT2D eigenvalue weighted by atomic mass is 9.90. The molecule has 1 aliphatic carbocycles. The number of carbonyl (C=O) groups is 1. The van der Waals surface area contributed by atoms with Crippen molar-refractivity contribution < 1.29 is 14.1 Å². The molecule has 7 nitrogen and oxygen atoms in total. The summed E-state index contributed by atoms with van der Waals surface area (Å²) in [6.45, 7) is 3.27. The second kappa shape index (κ2) is 6.74. The number of cyclic esters (lactones) is 1. The Balaban J connectivity index is 1.33. The monoisotopic (exact) mass is 342 g/mol. The average Bonchev–Trinajstić information content (AvgIpc) is 3.26. The zero-order valence-corrected chi connectivity index (χ0v) is 14.3. The quantitative estimate of drug-likeness (QED) is 0.919. The van der Waals surface area contributed by atoms with E-state index in [2.05, 4.69) is 15.5 Å². The van der Waals surface area contributed by atoms with Crippen LogP contribution in [0.5, 0.6) is 0 Å². The molecule has 1 aliphatic heterocycles. The maximum absolute atomic E-state index is 11.7. The van der Waals surface area contributed by atoms with Gasteiger partial charge in [-0.3, -0.25) is 0 Å². The van der Waals surface area contributed by atoms with Gasteiger partial charge < -0.3 is 19.5 Å². The highest BCUT2D eigenvalue weighted by molar-refractivity contribution is 5.69. The van der Waals surface area contributed by atoms with Crippen LogP contribution < -0.4 is 5.32 Å². The predicted molar refractivity (Wildman–Crippen MR) is 92.2 cm³/mol. The standard InChI is InChI=1S/C18H22N4O3/c1-12-2-4-13(5-3-12)16-20-17(25-21-16)19-14-6-8-15(9-7-14)22-10-11-24-18(22)23/h2-5,14-15H,6-11H2,1H3,(H,19,20,21). The van der Waals surface area contributed by atoms with Crippen LogP contribution >= 0.6 is 0 Å². The Morgan fingerprint density at radius 1 is 1.16 bits per heavy atom. The fourth-order valence-corrected chi connectivity index (χ4v) is 3.55. The molecule has 1 N–H and O–H groups in total. The van der Waals surface area contributed by atoms with Crippen LogP contribution in [0.1, 0.15) is 31.2 Å². The Kier molecular flexibility index (Phi) is 4.29. The van der Waals surface area contributed by atoms with Crippen LogP contribution in [0.4, 0.5) is 10.8 Å². The van der Waals surface area contributed by atoms with Gasteiger partial charge in [-0.2, -0.15) is 4.98 Å². The van der Waals surface area contributed by atoms with E-state index in [1.54, 1.807) is 0 Å². The van der Waals surface area contributed by atoms with Gasteiger partial charge in [0.15, 0.2) is 0 Å². The van der Waals surface area contributed by atoms with Gasteiger partial charge in [-0.15, -0.1) is 0 Å². The van der Waals surface area contributed by atoms with E-state index < -0.39 is 0 Å². The van der Waals surface area contributed by atoms with E-state index >= 15 is 0 Å². The Morgan fingerprint density at radius 2 is 1.92 bits per heavy atom. The zero-order valence-electron chi connectivity index (χ0n) is 14.3. The number of aryl methyl sites for hydroxylation is 1. The number of hydrogen-bond donors (Lipinski definition) is 1. The summed E-state index contributed by atoms with van der Waals surface area (Å²) in [4.78, 5) is 18.0. The lowest BCUT2D eigenvalue weighted by Crippen LogP contribution is -2.41. The first kappa shape index (κ1) is 15.9. The van der Waals surface area contributed by atoms with Crippen LogP contribution in [-0.4, -0.2) is 46.4 Å². The molecule has 1 saturated carbocycles. The van der Waals surface area contributed by atoms with Crippen LogP contribution in [0.3, 0.4) is 0 Å². The van der Waals surface area contributed by atoms with Crippen molar-refractivity contribution in [1.29, 1.82) is 0 Å². The Bertz CT molecular complexity index is 735. The number of aromatic nitrogens is 2. The summed E-state index contributed by atoms with van der Waals surface area (Å²) in [5.41, 5.74) is 2.14. The molecule has 2 heterocycles. The van der Waals surface area contributed by atoms with Gasteiger partial charge in [-0.1, -0.05) is 35.0 Å². The molecule has 1 aromatic carbocycles. The van der Waals surface area contributed by atoms with Crippen LogP contribution in [0, 0.1) is 6.92 Å². The van der Waals surface area contributed by atoms with Crippen molar-refractivity contribution in [3.8, 4) is 11.4 Å². The largest absolute Gasteiger partial charge is 0.448 e. The number of carbonyl (C=O) groups excluding carboxylic acids is 1. The summed E-state index contributed by atoms with van der Waals surface area (Å²) in [6, 6.07) is 9.08. The van der Waals surface area contributed by atoms with E-state index in [9.17, 15) is 4.79 Å². The van der Waals surface area contributed by atoms with E-state index in [0.29, 0.717) is 37.1 Å². The number of nitrogens with zero attached hydrogens (tertiary/aromatic N) is 3. The summed E-state index contributed by atoms with van der Waals surface area (Å²) >= 11 is 0. The van der Waals surface area contributed by atoms with Gasteiger partial charge in [-0.25, -0.2) is 4.79 Å². The molecular weight excluding hydrogens is 320 g/mol. The van der Waals surface area contributed by atoms with Gasteiger partial charge in [0.05, 0.1) is 6.54 Å². The Hall–Kier alpha value is -2.57. The number of nitrogens with one attached hydrogen (secondary N) is 1. The van der Waals surface area contributed by atoms with E-state index in [1.807, 2.05) is 36.1 Å². The fraction of sp³-hybridized carbons (Fsp3) is 0.500. The Morgan fingerprint density at radius 3 is 2.60 bits per heavy atom. The predicted octanol–water partition coefficient (Wildman–Crippen LogP) is 3.22. The highest BCUT2D eigenvalue weighted by Crippen LogP contribution is 2.27. The zero-order chi connectivity index (χ0) is 17.2. The summed E-state index contributed by atoms with van der Waals surface area (Å²) in [5.74, 6) is 0.594. The van der Waals surface area contributed by atoms with Gasteiger partial charge >= 0.3 is 12.1 Å². The first-order valence-electron chi connectivity index (χ1n) is 8.80. The summed E-state index contributed by atoms with van der Waals surface area (Å²) in [5, 5.41) is 7.38. The molecule has 2 aromatic rings. The topological polar surface area (TPSA) is 80.5 Å². The highest BCUT2D eigenvalue weighted by Gasteiger charge is 2.33. The van der Waals surface area contributed by atoms with Crippen molar-refractivity contribution in [3.63, 3.8) is 0 Å². The van der Waals surface area contributed by atoms with Gasteiger partial charge in [0, 0.05) is 17.6 Å². The third kappa shape index (κ3) is 3.45. The molecule has 25 heavy (non-hydrogen) atoms. The van der Waals surface area contributed by atoms with Crippen molar-refractivity contribution in [2.45, 2.75) is 44.7 Å². The van der Waals surface area contributed by atoms with Crippen molar-refractivity contribution in [3.05, 3.63) is 29.8 Å². The van der Waals surface area contributed by atoms with Crippen molar-refractivity contribution >= 4 is 12.1 Å². The smallest absolute Gasteiger partial charge is 0.410 e. The lowest BCUT2D eigenvalue weighted by Gasteiger charge is -2.33. The highest BCUT2D eigenvalue weighted by atomic mass is 16.6. The van der Waals surface area contributed by atoms with Gasteiger partial charge in [0.25, 0.3) is 0 Å². The fourth-order valence-electron chi connectivity index (χ4n) is 3.55. The molecule has 0 spiro atoms. The lowest BCUT2D eigenvalue weighted by molar-refractivity contribution is 0.137. The molecule has 1 aromatic heterocycles. The minimum absolute atomic E-state index is 0.170. The first-order valence-corrected chi connectivity index (χ1v) is 8.80. The maximum atomic E-state index is 11.7.